The van der Waals surface area contributed by atoms with Gasteiger partial charge in [0.15, 0.2) is 0 Å². The molecule has 0 radical (unpaired) electrons. The maximum Gasteiger partial charge on any atom is 0.146 e. The van der Waals surface area contributed by atoms with Gasteiger partial charge in [-0.15, -0.1) is 0 Å². The lowest BCUT2D eigenvalue weighted by Crippen LogP contribution is -1.93. The Hall–Kier alpha value is -1.98. The molecule has 0 aliphatic heterocycles. The number of halogens is 1. The molecular formula is C17H16ClNO. The van der Waals surface area contributed by atoms with Crippen LogP contribution in [0.15, 0.2) is 36.4 Å². The molecule has 3 heteroatoms. The number of aryl methyl sites for hydroxylation is 1. The van der Waals surface area contributed by atoms with Crippen LogP contribution in [0.5, 0.6) is 11.5 Å². The predicted molar refractivity (Wildman–Crippen MR) is 81.5 cm³/mol. The van der Waals surface area contributed by atoms with Gasteiger partial charge in [0.25, 0.3) is 0 Å². The fourth-order valence-corrected chi connectivity index (χ4v) is 2.36. The molecular weight excluding hydrogens is 270 g/mol. The van der Waals surface area contributed by atoms with E-state index >= 15 is 0 Å². The van der Waals surface area contributed by atoms with Crippen LogP contribution in [0.25, 0.3) is 0 Å². The summed E-state index contributed by atoms with van der Waals surface area (Å²) in [4.78, 5) is 0. The van der Waals surface area contributed by atoms with Crippen molar-refractivity contribution >= 4 is 11.6 Å². The van der Waals surface area contributed by atoms with E-state index in [2.05, 4.69) is 26.8 Å². The SMILES string of the molecule is Cc1cc(Oc2ccc(C#N)cc2Cl)ccc1C(C)C. The minimum absolute atomic E-state index is 0.439. The van der Waals surface area contributed by atoms with Gasteiger partial charge in [0.2, 0.25) is 0 Å². The second-order valence-electron chi connectivity index (χ2n) is 5.03. The quantitative estimate of drug-likeness (QED) is 0.752. The summed E-state index contributed by atoms with van der Waals surface area (Å²) in [6, 6.07) is 13.1. The van der Waals surface area contributed by atoms with Crippen molar-refractivity contribution in [1.29, 1.82) is 5.26 Å². The minimum atomic E-state index is 0.439. The number of ether oxygens (including phenoxy) is 1. The lowest BCUT2D eigenvalue weighted by molar-refractivity contribution is 0.482. The Labute approximate surface area is 124 Å². The summed E-state index contributed by atoms with van der Waals surface area (Å²) in [5.41, 5.74) is 3.03. The van der Waals surface area contributed by atoms with E-state index in [4.69, 9.17) is 21.6 Å². The van der Waals surface area contributed by atoms with Crippen molar-refractivity contribution in [3.8, 4) is 17.6 Å². The van der Waals surface area contributed by atoms with Crippen molar-refractivity contribution in [1.82, 2.24) is 0 Å². The van der Waals surface area contributed by atoms with E-state index in [-0.39, 0.29) is 0 Å². The zero-order valence-electron chi connectivity index (χ0n) is 11.8. The lowest BCUT2D eigenvalue weighted by atomic mass is 9.98. The van der Waals surface area contributed by atoms with Crippen molar-refractivity contribution in [3.05, 3.63) is 58.1 Å². The number of hydrogen-bond donors (Lipinski definition) is 0. The Morgan fingerprint density at radius 3 is 2.45 bits per heavy atom. The number of rotatable bonds is 3. The van der Waals surface area contributed by atoms with Crippen LogP contribution in [0.3, 0.4) is 0 Å². The first kappa shape index (κ1) is 14.4. The van der Waals surface area contributed by atoms with Crippen LogP contribution in [-0.2, 0) is 0 Å². The van der Waals surface area contributed by atoms with Gasteiger partial charge < -0.3 is 4.74 Å². The third kappa shape index (κ3) is 3.12. The van der Waals surface area contributed by atoms with Gasteiger partial charge in [-0.25, -0.2) is 0 Å². The molecule has 20 heavy (non-hydrogen) atoms. The van der Waals surface area contributed by atoms with Gasteiger partial charge in [-0.2, -0.15) is 5.26 Å². The summed E-state index contributed by atoms with van der Waals surface area (Å²) in [6.45, 7) is 6.41. The van der Waals surface area contributed by atoms with Crippen LogP contribution in [0.2, 0.25) is 5.02 Å². The second-order valence-corrected chi connectivity index (χ2v) is 5.44. The maximum atomic E-state index is 8.81. The highest BCUT2D eigenvalue weighted by Gasteiger charge is 2.08. The minimum Gasteiger partial charge on any atom is -0.456 e. The smallest absolute Gasteiger partial charge is 0.146 e. The van der Waals surface area contributed by atoms with Crippen LogP contribution >= 0.6 is 11.6 Å². The number of benzene rings is 2. The third-order valence-electron chi connectivity index (χ3n) is 3.15. The van der Waals surface area contributed by atoms with Crippen molar-refractivity contribution in [2.75, 3.05) is 0 Å². The van der Waals surface area contributed by atoms with E-state index in [0.717, 1.165) is 5.75 Å². The molecule has 0 bridgehead atoms. The zero-order chi connectivity index (χ0) is 14.7. The molecule has 2 nitrogen and oxygen atoms in total. The molecule has 0 heterocycles. The second kappa shape index (κ2) is 5.98. The van der Waals surface area contributed by atoms with Crippen molar-refractivity contribution in [2.24, 2.45) is 0 Å². The van der Waals surface area contributed by atoms with Crippen LogP contribution in [0, 0.1) is 18.3 Å². The molecule has 0 amide bonds. The molecule has 0 atom stereocenters. The molecule has 0 saturated carbocycles. The normalized spacial score (nSPS) is 10.4. The summed E-state index contributed by atoms with van der Waals surface area (Å²) in [7, 11) is 0. The average Bonchev–Trinajstić information content (AvgIpc) is 2.40. The summed E-state index contributed by atoms with van der Waals surface area (Å²) < 4.78 is 5.78. The van der Waals surface area contributed by atoms with E-state index < -0.39 is 0 Å². The number of hydrogen-bond acceptors (Lipinski definition) is 2. The molecule has 0 fully saturated rings. The van der Waals surface area contributed by atoms with Crippen molar-refractivity contribution in [3.63, 3.8) is 0 Å². The molecule has 0 aliphatic rings. The first-order chi connectivity index (χ1) is 9.51. The van der Waals surface area contributed by atoms with Gasteiger partial charge in [0, 0.05) is 0 Å². The summed E-state index contributed by atoms with van der Waals surface area (Å²) in [5, 5.41) is 9.25. The van der Waals surface area contributed by atoms with E-state index in [1.807, 2.05) is 18.2 Å². The Morgan fingerprint density at radius 1 is 1.15 bits per heavy atom. The molecule has 0 spiro atoms. The van der Waals surface area contributed by atoms with Crippen LogP contribution in [0.1, 0.15) is 36.5 Å². The Morgan fingerprint density at radius 2 is 1.90 bits per heavy atom. The zero-order valence-corrected chi connectivity index (χ0v) is 12.5. The van der Waals surface area contributed by atoms with Crippen LogP contribution in [-0.4, -0.2) is 0 Å². The monoisotopic (exact) mass is 285 g/mol. The average molecular weight is 286 g/mol. The van der Waals surface area contributed by atoms with Gasteiger partial charge in [-0.3, -0.25) is 0 Å². The van der Waals surface area contributed by atoms with Gasteiger partial charge in [-0.1, -0.05) is 31.5 Å². The standard InChI is InChI=1S/C17H16ClNO/c1-11(2)15-6-5-14(8-12(15)3)20-17-7-4-13(10-19)9-16(17)18/h4-9,11H,1-3H3. The maximum absolute atomic E-state index is 8.81. The van der Waals surface area contributed by atoms with Crippen molar-refractivity contribution in [2.45, 2.75) is 26.7 Å². The molecule has 2 rings (SSSR count). The van der Waals surface area contributed by atoms with E-state index in [0.29, 0.717) is 22.3 Å². The molecule has 0 aromatic heterocycles. The molecule has 102 valence electrons. The summed E-state index contributed by atoms with van der Waals surface area (Å²) in [5.74, 6) is 1.79. The van der Waals surface area contributed by atoms with Crippen molar-refractivity contribution < 1.29 is 4.74 Å². The number of nitrogens with zero attached hydrogens (tertiary/aromatic N) is 1. The fourth-order valence-electron chi connectivity index (χ4n) is 2.14. The summed E-state index contributed by atoms with van der Waals surface area (Å²) in [6.07, 6.45) is 0. The molecule has 0 N–H and O–H groups in total. The topological polar surface area (TPSA) is 33.0 Å². The highest BCUT2D eigenvalue weighted by molar-refractivity contribution is 6.32. The lowest BCUT2D eigenvalue weighted by Gasteiger charge is -2.13. The Balaban J connectivity index is 2.27. The molecule has 0 saturated heterocycles. The van der Waals surface area contributed by atoms with Crippen LogP contribution < -0.4 is 4.74 Å². The van der Waals surface area contributed by atoms with E-state index in [9.17, 15) is 0 Å². The Kier molecular flexibility index (Phi) is 4.32. The molecule has 2 aromatic rings. The Bertz CT molecular complexity index is 671. The molecule has 2 aromatic carbocycles. The van der Waals surface area contributed by atoms with Gasteiger partial charge in [-0.05, 0) is 54.3 Å². The molecule has 0 unspecified atom stereocenters. The van der Waals surface area contributed by atoms with Gasteiger partial charge in [0.1, 0.15) is 11.5 Å². The fraction of sp³-hybridized carbons (Fsp3) is 0.235. The van der Waals surface area contributed by atoms with Crippen LogP contribution in [0.4, 0.5) is 0 Å². The first-order valence-electron chi connectivity index (χ1n) is 6.49. The highest BCUT2D eigenvalue weighted by Crippen LogP contribution is 2.31. The van der Waals surface area contributed by atoms with E-state index in [1.54, 1.807) is 18.2 Å². The first-order valence-corrected chi connectivity index (χ1v) is 6.87. The van der Waals surface area contributed by atoms with Gasteiger partial charge >= 0.3 is 0 Å². The largest absolute Gasteiger partial charge is 0.456 e. The molecule has 0 aliphatic carbocycles. The third-order valence-corrected chi connectivity index (χ3v) is 3.45. The highest BCUT2D eigenvalue weighted by atomic mass is 35.5. The number of nitriles is 1. The predicted octanol–water partition coefficient (Wildman–Crippen LogP) is 5.44. The summed E-state index contributed by atoms with van der Waals surface area (Å²) >= 11 is 6.10. The van der Waals surface area contributed by atoms with E-state index in [1.165, 1.54) is 11.1 Å². The van der Waals surface area contributed by atoms with Gasteiger partial charge in [0.05, 0.1) is 16.7 Å².